The lowest BCUT2D eigenvalue weighted by Gasteiger charge is -2.10. The summed E-state index contributed by atoms with van der Waals surface area (Å²) in [6.45, 7) is 4.24. The van der Waals surface area contributed by atoms with E-state index in [0.717, 1.165) is 22.7 Å². The number of nitrogens with two attached hydrogens (primary N) is 1. The van der Waals surface area contributed by atoms with Gasteiger partial charge in [-0.3, -0.25) is 0 Å². The van der Waals surface area contributed by atoms with Crippen molar-refractivity contribution in [1.82, 2.24) is 0 Å². The molecule has 1 heterocycles. The van der Waals surface area contributed by atoms with Gasteiger partial charge in [-0.25, -0.2) is 0 Å². The predicted octanol–water partition coefficient (Wildman–Crippen LogP) is 3.88. The maximum Gasteiger partial charge on any atom is 0.126 e. The van der Waals surface area contributed by atoms with Crippen LogP contribution < -0.4 is 10.5 Å². The van der Waals surface area contributed by atoms with E-state index in [4.69, 9.17) is 10.5 Å². The standard InChI is InChI=1S/C14H17NOS/c1-4-10-5-6-13(16-3)12(7-10)11-8-14(15)17-9(11)2/h5-8H,4,15H2,1-3H3. The zero-order valence-corrected chi connectivity index (χ0v) is 11.2. The molecule has 2 N–H and O–H groups in total. The molecule has 0 saturated carbocycles. The first-order valence-electron chi connectivity index (χ1n) is 5.69. The highest BCUT2D eigenvalue weighted by atomic mass is 32.1. The van der Waals surface area contributed by atoms with E-state index < -0.39 is 0 Å². The first kappa shape index (κ1) is 12.0. The molecule has 0 amide bonds. The molecule has 90 valence electrons. The molecule has 0 aliphatic heterocycles. The van der Waals surface area contributed by atoms with E-state index in [1.807, 2.05) is 12.1 Å². The molecular formula is C14H17NOS. The number of anilines is 1. The topological polar surface area (TPSA) is 35.2 Å². The first-order chi connectivity index (χ1) is 8.15. The molecule has 0 spiro atoms. The summed E-state index contributed by atoms with van der Waals surface area (Å²) >= 11 is 1.62. The van der Waals surface area contributed by atoms with Crippen LogP contribution in [0.5, 0.6) is 5.75 Å². The van der Waals surface area contributed by atoms with E-state index >= 15 is 0 Å². The average molecular weight is 247 g/mol. The minimum absolute atomic E-state index is 0.849. The Balaban J connectivity index is 2.59. The molecule has 3 heteroatoms. The van der Waals surface area contributed by atoms with E-state index in [0.29, 0.717) is 0 Å². The Hall–Kier alpha value is -1.48. The summed E-state index contributed by atoms with van der Waals surface area (Å²) in [6.07, 6.45) is 1.02. The van der Waals surface area contributed by atoms with Gasteiger partial charge in [0.1, 0.15) is 5.75 Å². The molecule has 1 aromatic carbocycles. The summed E-state index contributed by atoms with van der Waals surface area (Å²) in [7, 11) is 1.70. The SMILES string of the molecule is CCc1ccc(OC)c(-c2cc(N)sc2C)c1. The molecule has 0 fully saturated rings. The van der Waals surface area contributed by atoms with E-state index in [-0.39, 0.29) is 0 Å². The minimum atomic E-state index is 0.849. The second kappa shape index (κ2) is 4.80. The van der Waals surface area contributed by atoms with Gasteiger partial charge in [-0.05, 0) is 37.1 Å². The highest BCUT2D eigenvalue weighted by Crippen LogP contribution is 2.38. The third-order valence-corrected chi connectivity index (χ3v) is 3.78. The fourth-order valence-electron chi connectivity index (χ4n) is 1.96. The van der Waals surface area contributed by atoms with Gasteiger partial charge in [0.15, 0.2) is 0 Å². The molecule has 17 heavy (non-hydrogen) atoms. The Bertz CT molecular complexity index is 531. The first-order valence-corrected chi connectivity index (χ1v) is 6.50. The van der Waals surface area contributed by atoms with E-state index in [2.05, 4.69) is 26.0 Å². The van der Waals surface area contributed by atoms with Crippen molar-refractivity contribution in [2.75, 3.05) is 12.8 Å². The number of thiophene rings is 1. The van der Waals surface area contributed by atoms with Crippen molar-refractivity contribution in [3.05, 3.63) is 34.7 Å². The zero-order valence-electron chi connectivity index (χ0n) is 10.4. The lowest BCUT2D eigenvalue weighted by atomic mass is 10.0. The van der Waals surface area contributed by atoms with E-state index in [9.17, 15) is 0 Å². The monoisotopic (exact) mass is 247 g/mol. The number of hydrogen-bond donors (Lipinski definition) is 1. The summed E-state index contributed by atoms with van der Waals surface area (Å²) in [4.78, 5) is 1.23. The van der Waals surface area contributed by atoms with Gasteiger partial charge in [-0.2, -0.15) is 0 Å². The predicted molar refractivity (Wildman–Crippen MR) is 74.8 cm³/mol. The Morgan fingerprint density at radius 2 is 2.00 bits per heavy atom. The molecule has 0 radical (unpaired) electrons. The second-order valence-electron chi connectivity index (χ2n) is 4.01. The number of ether oxygens (including phenoxy) is 1. The second-order valence-corrected chi connectivity index (χ2v) is 5.29. The highest BCUT2D eigenvalue weighted by Gasteiger charge is 2.11. The van der Waals surface area contributed by atoms with E-state index in [1.165, 1.54) is 16.0 Å². The van der Waals surface area contributed by atoms with Crippen LogP contribution in [0, 0.1) is 6.92 Å². The Morgan fingerprint density at radius 1 is 1.24 bits per heavy atom. The van der Waals surface area contributed by atoms with Crippen molar-refractivity contribution < 1.29 is 4.74 Å². The van der Waals surface area contributed by atoms with Crippen molar-refractivity contribution in [1.29, 1.82) is 0 Å². The molecule has 1 aromatic heterocycles. The van der Waals surface area contributed by atoms with Crippen molar-refractivity contribution in [3.63, 3.8) is 0 Å². The van der Waals surface area contributed by atoms with Gasteiger partial charge >= 0.3 is 0 Å². The molecule has 0 atom stereocenters. The van der Waals surface area contributed by atoms with Gasteiger partial charge in [0.05, 0.1) is 12.1 Å². The van der Waals surface area contributed by atoms with Gasteiger partial charge in [-0.15, -0.1) is 11.3 Å². The maximum absolute atomic E-state index is 5.86. The highest BCUT2D eigenvalue weighted by molar-refractivity contribution is 7.16. The molecule has 2 nitrogen and oxygen atoms in total. The average Bonchev–Trinajstić information content (AvgIpc) is 2.67. The quantitative estimate of drug-likeness (QED) is 0.893. The normalized spacial score (nSPS) is 10.5. The van der Waals surface area contributed by atoms with Crippen LogP contribution in [-0.4, -0.2) is 7.11 Å². The van der Waals surface area contributed by atoms with Crippen LogP contribution in [0.4, 0.5) is 5.00 Å². The number of hydrogen-bond acceptors (Lipinski definition) is 3. The maximum atomic E-state index is 5.86. The Labute approximate surface area is 106 Å². The summed E-state index contributed by atoms with van der Waals surface area (Å²) in [5, 5.41) is 0.849. The Kier molecular flexibility index (Phi) is 3.38. The van der Waals surface area contributed by atoms with Gasteiger partial charge in [-0.1, -0.05) is 13.0 Å². The van der Waals surface area contributed by atoms with Crippen LogP contribution in [-0.2, 0) is 6.42 Å². The Morgan fingerprint density at radius 3 is 2.53 bits per heavy atom. The number of methoxy groups -OCH3 is 1. The van der Waals surface area contributed by atoms with Gasteiger partial charge in [0.25, 0.3) is 0 Å². The molecule has 2 rings (SSSR count). The smallest absolute Gasteiger partial charge is 0.126 e. The van der Waals surface area contributed by atoms with Crippen molar-refractivity contribution >= 4 is 16.3 Å². The van der Waals surface area contributed by atoms with E-state index in [1.54, 1.807) is 18.4 Å². The summed E-state index contributed by atoms with van der Waals surface area (Å²) in [6, 6.07) is 8.35. The molecule has 0 aliphatic carbocycles. The van der Waals surface area contributed by atoms with Gasteiger partial charge in [0.2, 0.25) is 0 Å². The van der Waals surface area contributed by atoms with Gasteiger partial charge < -0.3 is 10.5 Å². The molecule has 2 aromatic rings. The summed E-state index contributed by atoms with van der Waals surface area (Å²) in [5.74, 6) is 0.906. The largest absolute Gasteiger partial charge is 0.496 e. The number of aryl methyl sites for hydroxylation is 2. The third kappa shape index (κ3) is 2.29. The molecule has 0 unspecified atom stereocenters. The summed E-state index contributed by atoms with van der Waals surface area (Å²) in [5.41, 5.74) is 9.48. The lowest BCUT2D eigenvalue weighted by molar-refractivity contribution is 0.416. The fourth-order valence-corrected chi connectivity index (χ4v) is 2.77. The third-order valence-electron chi connectivity index (χ3n) is 2.90. The molecular weight excluding hydrogens is 230 g/mol. The van der Waals surface area contributed by atoms with Crippen LogP contribution in [0.25, 0.3) is 11.1 Å². The minimum Gasteiger partial charge on any atom is -0.496 e. The molecule has 0 bridgehead atoms. The summed E-state index contributed by atoms with van der Waals surface area (Å²) < 4.78 is 5.43. The lowest BCUT2D eigenvalue weighted by Crippen LogP contribution is -1.90. The fraction of sp³-hybridized carbons (Fsp3) is 0.286. The van der Waals surface area contributed by atoms with Crippen molar-refractivity contribution in [2.45, 2.75) is 20.3 Å². The van der Waals surface area contributed by atoms with Crippen LogP contribution >= 0.6 is 11.3 Å². The van der Waals surface area contributed by atoms with Crippen LogP contribution in [0.1, 0.15) is 17.4 Å². The van der Waals surface area contributed by atoms with Crippen molar-refractivity contribution in [3.8, 4) is 16.9 Å². The van der Waals surface area contributed by atoms with Crippen LogP contribution in [0.15, 0.2) is 24.3 Å². The molecule has 0 aliphatic rings. The molecule has 0 saturated heterocycles. The van der Waals surface area contributed by atoms with Gasteiger partial charge in [0, 0.05) is 16.0 Å². The number of rotatable bonds is 3. The number of benzene rings is 1. The van der Waals surface area contributed by atoms with Crippen LogP contribution in [0.2, 0.25) is 0 Å². The number of nitrogen functional groups attached to an aromatic ring is 1. The van der Waals surface area contributed by atoms with Crippen LogP contribution in [0.3, 0.4) is 0 Å². The zero-order chi connectivity index (χ0) is 12.4. The van der Waals surface area contributed by atoms with Crippen molar-refractivity contribution in [2.24, 2.45) is 0 Å².